The van der Waals surface area contributed by atoms with Gasteiger partial charge in [0.15, 0.2) is 0 Å². The number of hydrogen-bond donors (Lipinski definition) is 2. The van der Waals surface area contributed by atoms with Gasteiger partial charge >= 0.3 is 0 Å². The van der Waals surface area contributed by atoms with Crippen LogP contribution in [0, 0.1) is 20.8 Å². The highest BCUT2D eigenvalue weighted by atomic mass is 15.2. The van der Waals surface area contributed by atoms with Crippen LogP contribution in [0.5, 0.6) is 0 Å². The number of rotatable bonds is 4. The van der Waals surface area contributed by atoms with Gasteiger partial charge in [0.1, 0.15) is 0 Å². The van der Waals surface area contributed by atoms with Crippen molar-refractivity contribution in [2.75, 3.05) is 38.5 Å². The third-order valence-corrected chi connectivity index (χ3v) is 4.50. The first-order chi connectivity index (χ1) is 9.09. The molecule has 0 radical (unpaired) electrons. The molecule has 19 heavy (non-hydrogen) atoms. The lowest BCUT2D eigenvalue weighted by Crippen LogP contribution is -2.49. The molecule has 1 heterocycles. The Morgan fingerprint density at radius 3 is 2.79 bits per heavy atom. The van der Waals surface area contributed by atoms with E-state index in [1.54, 1.807) is 0 Å². The van der Waals surface area contributed by atoms with Gasteiger partial charge in [-0.15, -0.1) is 0 Å². The predicted octanol–water partition coefficient (Wildman–Crippen LogP) is 2.32. The van der Waals surface area contributed by atoms with Gasteiger partial charge in [-0.1, -0.05) is 6.07 Å². The first kappa shape index (κ1) is 14.4. The summed E-state index contributed by atoms with van der Waals surface area (Å²) in [6.45, 7) is 11.0. The Labute approximate surface area is 117 Å². The van der Waals surface area contributed by atoms with Gasteiger partial charge in [-0.2, -0.15) is 0 Å². The predicted molar refractivity (Wildman–Crippen MR) is 83.0 cm³/mol. The van der Waals surface area contributed by atoms with Crippen LogP contribution in [0.25, 0.3) is 0 Å². The van der Waals surface area contributed by atoms with Crippen molar-refractivity contribution >= 4 is 5.69 Å². The summed E-state index contributed by atoms with van der Waals surface area (Å²) in [6, 6.07) is 5.08. The summed E-state index contributed by atoms with van der Waals surface area (Å²) in [5.74, 6) is 0. The summed E-state index contributed by atoms with van der Waals surface area (Å²) in [5, 5.41) is 7.07. The van der Waals surface area contributed by atoms with Crippen molar-refractivity contribution < 1.29 is 0 Å². The molecule has 2 rings (SSSR count). The second-order valence-corrected chi connectivity index (χ2v) is 5.73. The highest BCUT2D eigenvalue weighted by Crippen LogP contribution is 2.21. The average molecular weight is 261 g/mol. The van der Waals surface area contributed by atoms with Crippen molar-refractivity contribution in [1.82, 2.24) is 10.2 Å². The maximum absolute atomic E-state index is 3.59. The van der Waals surface area contributed by atoms with E-state index in [0.717, 1.165) is 26.2 Å². The molecule has 106 valence electrons. The van der Waals surface area contributed by atoms with Crippen LogP contribution in [0.2, 0.25) is 0 Å². The molecule has 1 aliphatic heterocycles. The molecule has 0 spiro atoms. The standard InChI is InChI=1S/C16H27N3/c1-12-5-6-16(14(3)13(12)2)18-8-7-15-11-17-9-10-19(15)4/h5-6,15,17-18H,7-11H2,1-4H3. The van der Waals surface area contributed by atoms with Gasteiger partial charge in [0, 0.05) is 37.9 Å². The lowest BCUT2D eigenvalue weighted by atomic mass is 10.0. The molecular formula is C16H27N3. The lowest BCUT2D eigenvalue weighted by molar-refractivity contribution is 0.194. The Morgan fingerprint density at radius 2 is 2.05 bits per heavy atom. The average Bonchev–Trinajstić information content (AvgIpc) is 2.41. The minimum Gasteiger partial charge on any atom is -0.385 e. The van der Waals surface area contributed by atoms with E-state index in [1.807, 2.05) is 0 Å². The van der Waals surface area contributed by atoms with Gasteiger partial charge in [0.2, 0.25) is 0 Å². The van der Waals surface area contributed by atoms with Gasteiger partial charge in [-0.25, -0.2) is 0 Å². The molecule has 3 nitrogen and oxygen atoms in total. The lowest BCUT2D eigenvalue weighted by Gasteiger charge is -2.33. The van der Waals surface area contributed by atoms with E-state index in [1.165, 1.54) is 28.8 Å². The van der Waals surface area contributed by atoms with E-state index < -0.39 is 0 Å². The number of piperazine rings is 1. The molecule has 0 aliphatic carbocycles. The number of hydrogen-bond acceptors (Lipinski definition) is 3. The summed E-state index contributed by atoms with van der Waals surface area (Å²) in [7, 11) is 2.23. The zero-order valence-electron chi connectivity index (χ0n) is 12.7. The smallest absolute Gasteiger partial charge is 0.0372 e. The number of benzene rings is 1. The van der Waals surface area contributed by atoms with Gasteiger partial charge in [0.25, 0.3) is 0 Å². The van der Waals surface area contributed by atoms with E-state index in [-0.39, 0.29) is 0 Å². The Morgan fingerprint density at radius 1 is 1.26 bits per heavy atom. The summed E-state index contributed by atoms with van der Waals surface area (Å²) in [6.07, 6.45) is 1.19. The largest absolute Gasteiger partial charge is 0.385 e. The third-order valence-electron chi connectivity index (χ3n) is 4.50. The van der Waals surface area contributed by atoms with E-state index >= 15 is 0 Å². The molecule has 0 aromatic heterocycles. The van der Waals surface area contributed by atoms with Crippen LogP contribution in [-0.2, 0) is 0 Å². The van der Waals surface area contributed by atoms with Crippen molar-refractivity contribution in [3.63, 3.8) is 0 Å². The SMILES string of the molecule is Cc1ccc(NCCC2CNCCN2C)c(C)c1C. The Kier molecular flexibility index (Phi) is 4.83. The summed E-state index contributed by atoms with van der Waals surface area (Å²) in [5.41, 5.74) is 5.45. The Balaban J connectivity index is 1.87. The first-order valence-electron chi connectivity index (χ1n) is 7.31. The van der Waals surface area contributed by atoms with Gasteiger partial charge in [0.05, 0.1) is 0 Å². The molecule has 0 amide bonds. The van der Waals surface area contributed by atoms with Gasteiger partial charge in [-0.3, -0.25) is 0 Å². The maximum atomic E-state index is 3.59. The van der Waals surface area contributed by atoms with E-state index in [9.17, 15) is 0 Å². The van der Waals surface area contributed by atoms with E-state index in [4.69, 9.17) is 0 Å². The van der Waals surface area contributed by atoms with Crippen molar-refractivity contribution in [2.24, 2.45) is 0 Å². The second kappa shape index (κ2) is 6.40. The molecule has 1 aromatic rings. The summed E-state index contributed by atoms with van der Waals surface area (Å²) >= 11 is 0. The number of nitrogens with one attached hydrogen (secondary N) is 2. The highest BCUT2D eigenvalue weighted by Gasteiger charge is 2.17. The number of aryl methyl sites for hydroxylation is 1. The molecular weight excluding hydrogens is 234 g/mol. The van der Waals surface area contributed by atoms with Crippen LogP contribution in [0.1, 0.15) is 23.1 Å². The van der Waals surface area contributed by atoms with Crippen molar-refractivity contribution in [2.45, 2.75) is 33.2 Å². The zero-order valence-corrected chi connectivity index (χ0v) is 12.7. The van der Waals surface area contributed by atoms with E-state index in [2.05, 4.69) is 55.5 Å². The molecule has 0 bridgehead atoms. The Hall–Kier alpha value is -1.06. The van der Waals surface area contributed by atoms with Gasteiger partial charge in [-0.05, 0) is 57.0 Å². The normalized spacial score (nSPS) is 20.5. The zero-order chi connectivity index (χ0) is 13.8. The molecule has 1 fully saturated rings. The summed E-state index contributed by atoms with van der Waals surface area (Å²) < 4.78 is 0. The van der Waals surface area contributed by atoms with Crippen LogP contribution < -0.4 is 10.6 Å². The minimum absolute atomic E-state index is 0.660. The van der Waals surface area contributed by atoms with Crippen LogP contribution in [0.3, 0.4) is 0 Å². The molecule has 1 saturated heterocycles. The minimum atomic E-state index is 0.660. The highest BCUT2D eigenvalue weighted by molar-refractivity contribution is 5.55. The molecule has 3 heteroatoms. The fraction of sp³-hybridized carbons (Fsp3) is 0.625. The van der Waals surface area contributed by atoms with Crippen LogP contribution in [0.4, 0.5) is 5.69 Å². The molecule has 1 aliphatic rings. The first-order valence-corrected chi connectivity index (χ1v) is 7.31. The third kappa shape index (κ3) is 3.48. The molecule has 1 atom stereocenters. The van der Waals surface area contributed by atoms with Crippen molar-refractivity contribution in [3.8, 4) is 0 Å². The molecule has 1 unspecified atom stereocenters. The monoisotopic (exact) mass is 261 g/mol. The molecule has 2 N–H and O–H groups in total. The Bertz CT molecular complexity index is 428. The second-order valence-electron chi connectivity index (χ2n) is 5.73. The fourth-order valence-electron chi connectivity index (χ4n) is 2.71. The number of anilines is 1. The topological polar surface area (TPSA) is 27.3 Å². The van der Waals surface area contributed by atoms with Crippen LogP contribution in [0.15, 0.2) is 12.1 Å². The van der Waals surface area contributed by atoms with E-state index in [0.29, 0.717) is 6.04 Å². The molecule has 0 saturated carbocycles. The maximum Gasteiger partial charge on any atom is 0.0372 e. The summed E-state index contributed by atoms with van der Waals surface area (Å²) in [4.78, 5) is 2.46. The number of likely N-dealkylation sites (N-methyl/N-ethyl adjacent to an activating group) is 1. The van der Waals surface area contributed by atoms with Crippen molar-refractivity contribution in [3.05, 3.63) is 28.8 Å². The molecule has 1 aromatic carbocycles. The number of nitrogens with zero attached hydrogens (tertiary/aromatic N) is 1. The fourth-order valence-corrected chi connectivity index (χ4v) is 2.71. The van der Waals surface area contributed by atoms with Crippen LogP contribution >= 0.6 is 0 Å². The quantitative estimate of drug-likeness (QED) is 0.871. The van der Waals surface area contributed by atoms with Crippen molar-refractivity contribution in [1.29, 1.82) is 0 Å². The van der Waals surface area contributed by atoms with Gasteiger partial charge < -0.3 is 15.5 Å². The van der Waals surface area contributed by atoms with Crippen LogP contribution in [-0.4, -0.2) is 44.2 Å².